The van der Waals surface area contributed by atoms with E-state index in [2.05, 4.69) is 17.1 Å². The highest BCUT2D eigenvalue weighted by Crippen LogP contribution is 2.33. The second-order valence-corrected chi connectivity index (χ2v) is 6.89. The fourth-order valence-corrected chi connectivity index (χ4v) is 3.99. The van der Waals surface area contributed by atoms with Crippen LogP contribution in [0.2, 0.25) is 0 Å². The van der Waals surface area contributed by atoms with Gasteiger partial charge in [-0.2, -0.15) is 0 Å². The molecular formula is C19H22N2O3. The average molecular weight is 326 g/mol. The van der Waals surface area contributed by atoms with Crippen molar-refractivity contribution in [3.05, 3.63) is 42.2 Å². The molecule has 4 atom stereocenters. The molecule has 0 radical (unpaired) electrons. The van der Waals surface area contributed by atoms with E-state index in [0.29, 0.717) is 23.3 Å². The number of hydrogen-bond donors (Lipinski definition) is 2. The lowest BCUT2D eigenvalue weighted by molar-refractivity contribution is 0.0269. The topological polar surface area (TPSA) is 65.7 Å². The Labute approximate surface area is 141 Å². The summed E-state index contributed by atoms with van der Waals surface area (Å²) >= 11 is 0. The smallest absolute Gasteiger partial charge is 0.287 e. The van der Waals surface area contributed by atoms with Crippen LogP contribution in [0.3, 0.4) is 0 Å². The predicted octanol–water partition coefficient (Wildman–Crippen LogP) is 2.86. The van der Waals surface area contributed by atoms with Crippen molar-refractivity contribution in [3.8, 4) is 17.1 Å². The van der Waals surface area contributed by atoms with Crippen molar-refractivity contribution >= 4 is 5.91 Å². The third-order valence-electron chi connectivity index (χ3n) is 5.37. The van der Waals surface area contributed by atoms with Crippen LogP contribution < -0.4 is 5.32 Å². The molecule has 0 saturated carbocycles. The van der Waals surface area contributed by atoms with Gasteiger partial charge < -0.3 is 14.8 Å². The van der Waals surface area contributed by atoms with Crippen LogP contribution in [-0.2, 0) is 0 Å². The number of piperidine rings is 3. The zero-order valence-corrected chi connectivity index (χ0v) is 13.7. The molecule has 126 valence electrons. The summed E-state index contributed by atoms with van der Waals surface area (Å²) in [6.07, 6.45) is 2.29. The van der Waals surface area contributed by atoms with Gasteiger partial charge in [-0.15, -0.1) is 0 Å². The number of nitrogens with one attached hydrogen (secondary N) is 1. The minimum Gasteiger partial charge on any atom is -0.507 e. The molecule has 3 aliphatic rings. The van der Waals surface area contributed by atoms with Crippen LogP contribution in [0.5, 0.6) is 5.75 Å². The summed E-state index contributed by atoms with van der Waals surface area (Å²) in [4.78, 5) is 15.0. The molecule has 2 N–H and O–H groups in total. The molecule has 1 aromatic heterocycles. The molecule has 3 aliphatic heterocycles. The summed E-state index contributed by atoms with van der Waals surface area (Å²) in [6.45, 7) is 4.32. The van der Waals surface area contributed by atoms with Crippen LogP contribution in [0.1, 0.15) is 30.3 Å². The summed E-state index contributed by atoms with van der Waals surface area (Å²) < 4.78 is 5.67. The van der Waals surface area contributed by atoms with Crippen molar-refractivity contribution < 1.29 is 14.3 Å². The summed E-state index contributed by atoms with van der Waals surface area (Å²) in [7, 11) is 0. The number of fused-ring (bicyclic) bond motifs is 3. The van der Waals surface area contributed by atoms with E-state index in [4.69, 9.17) is 4.42 Å². The van der Waals surface area contributed by atoms with E-state index in [9.17, 15) is 9.90 Å². The van der Waals surface area contributed by atoms with Gasteiger partial charge in [0.2, 0.25) is 0 Å². The minimum absolute atomic E-state index is 0.144. The number of phenols is 1. The molecule has 3 unspecified atom stereocenters. The Balaban J connectivity index is 1.47. The van der Waals surface area contributed by atoms with Crippen molar-refractivity contribution in [1.82, 2.24) is 10.2 Å². The molecule has 0 aliphatic carbocycles. The highest BCUT2D eigenvalue weighted by Gasteiger charge is 2.39. The molecule has 2 aromatic rings. The Morgan fingerprint density at radius 2 is 2.12 bits per heavy atom. The summed E-state index contributed by atoms with van der Waals surface area (Å²) in [6, 6.07) is 11.2. The lowest BCUT2D eigenvalue weighted by atomic mass is 9.80. The van der Waals surface area contributed by atoms with E-state index in [1.54, 1.807) is 30.3 Å². The maximum atomic E-state index is 12.5. The second kappa shape index (κ2) is 5.98. The molecule has 3 fully saturated rings. The first-order valence-corrected chi connectivity index (χ1v) is 8.55. The van der Waals surface area contributed by atoms with Crippen molar-refractivity contribution in [2.75, 3.05) is 13.1 Å². The molecule has 2 bridgehead atoms. The van der Waals surface area contributed by atoms with Crippen molar-refractivity contribution in [2.45, 2.75) is 31.8 Å². The third kappa shape index (κ3) is 2.69. The number of carbonyl (C=O) groups is 1. The summed E-state index contributed by atoms with van der Waals surface area (Å²) in [5.41, 5.74) is 0.591. The van der Waals surface area contributed by atoms with E-state index < -0.39 is 0 Å². The predicted molar refractivity (Wildman–Crippen MR) is 90.8 cm³/mol. The van der Waals surface area contributed by atoms with E-state index in [-0.39, 0.29) is 23.5 Å². The van der Waals surface area contributed by atoms with Crippen LogP contribution in [0.4, 0.5) is 0 Å². The third-order valence-corrected chi connectivity index (χ3v) is 5.37. The number of hydrogen-bond acceptors (Lipinski definition) is 4. The number of benzene rings is 1. The van der Waals surface area contributed by atoms with E-state index in [1.807, 2.05) is 6.07 Å². The maximum Gasteiger partial charge on any atom is 0.287 e. The largest absolute Gasteiger partial charge is 0.507 e. The lowest BCUT2D eigenvalue weighted by Gasteiger charge is -2.48. The first-order chi connectivity index (χ1) is 11.6. The normalized spacial score (nSPS) is 28.7. The van der Waals surface area contributed by atoms with Crippen molar-refractivity contribution in [2.24, 2.45) is 5.92 Å². The maximum absolute atomic E-state index is 12.5. The molecule has 5 rings (SSSR count). The fourth-order valence-electron chi connectivity index (χ4n) is 3.99. The number of furan rings is 1. The molecule has 5 heteroatoms. The number of phenolic OH excluding ortho intramolecular Hbond substituents is 1. The van der Waals surface area contributed by atoms with Gasteiger partial charge in [-0.25, -0.2) is 0 Å². The number of carbonyl (C=O) groups excluding carboxylic acids is 1. The standard InChI is InChI=1S/C19H22N2O3/c1-12-10-13-8-9-21(12)11-15(13)20-19(23)18-7-6-17(24-18)14-4-2-3-5-16(14)22/h2-7,12-13,15,22H,8-11H2,1H3,(H,20,23)/t12?,13?,15-/m0/s1. The van der Waals surface area contributed by atoms with Gasteiger partial charge in [0.05, 0.1) is 5.56 Å². The summed E-state index contributed by atoms with van der Waals surface area (Å²) in [5, 5.41) is 13.0. The number of aromatic hydroxyl groups is 1. The second-order valence-electron chi connectivity index (χ2n) is 6.89. The molecule has 3 saturated heterocycles. The average Bonchev–Trinajstić information content (AvgIpc) is 3.06. The first-order valence-electron chi connectivity index (χ1n) is 8.55. The highest BCUT2D eigenvalue weighted by molar-refractivity contribution is 5.92. The molecule has 1 aromatic carbocycles. The molecule has 1 amide bonds. The fraction of sp³-hybridized carbons (Fsp3) is 0.421. The van der Waals surface area contributed by atoms with Crippen LogP contribution >= 0.6 is 0 Å². The first kappa shape index (κ1) is 15.3. The van der Waals surface area contributed by atoms with Crippen LogP contribution in [0.25, 0.3) is 11.3 Å². The Bertz CT molecular complexity index is 755. The zero-order chi connectivity index (χ0) is 16.7. The van der Waals surface area contributed by atoms with Gasteiger partial charge in [0.1, 0.15) is 11.5 Å². The van der Waals surface area contributed by atoms with E-state index in [0.717, 1.165) is 25.9 Å². The van der Waals surface area contributed by atoms with Crippen LogP contribution in [-0.4, -0.2) is 41.1 Å². The van der Waals surface area contributed by atoms with Crippen molar-refractivity contribution in [3.63, 3.8) is 0 Å². The number of rotatable bonds is 3. The minimum atomic E-state index is -0.178. The van der Waals surface area contributed by atoms with Gasteiger partial charge in [0.15, 0.2) is 5.76 Å². The molecule has 5 nitrogen and oxygen atoms in total. The molecule has 4 heterocycles. The summed E-state index contributed by atoms with van der Waals surface area (Å²) in [5.74, 6) is 1.31. The van der Waals surface area contributed by atoms with E-state index in [1.165, 1.54) is 0 Å². The zero-order valence-electron chi connectivity index (χ0n) is 13.7. The lowest BCUT2D eigenvalue weighted by Crippen LogP contribution is -2.60. The SMILES string of the molecule is CC1CC2CCN1C[C@@H]2NC(=O)c1ccc(-c2ccccc2O)o1. The van der Waals surface area contributed by atoms with Crippen LogP contribution in [0.15, 0.2) is 40.8 Å². The Morgan fingerprint density at radius 3 is 2.83 bits per heavy atom. The van der Waals surface area contributed by atoms with Gasteiger partial charge in [0, 0.05) is 18.6 Å². The molecular weight excluding hydrogens is 304 g/mol. The van der Waals surface area contributed by atoms with Gasteiger partial charge in [-0.05, 0) is 56.5 Å². The van der Waals surface area contributed by atoms with Gasteiger partial charge in [0.25, 0.3) is 5.91 Å². The van der Waals surface area contributed by atoms with E-state index >= 15 is 0 Å². The Hall–Kier alpha value is -2.27. The number of para-hydroxylation sites is 1. The van der Waals surface area contributed by atoms with Gasteiger partial charge >= 0.3 is 0 Å². The van der Waals surface area contributed by atoms with Gasteiger partial charge in [-0.1, -0.05) is 12.1 Å². The number of nitrogens with zero attached hydrogens (tertiary/aromatic N) is 1. The van der Waals surface area contributed by atoms with Crippen LogP contribution in [0, 0.1) is 5.92 Å². The Kier molecular flexibility index (Phi) is 3.81. The number of amides is 1. The highest BCUT2D eigenvalue weighted by atomic mass is 16.4. The molecule has 0 spiro atoms. The van der Waals surface area contributed by atoms with Gasteiger partial charge in [-0.3, -0.25) is 9.69 Å². The Morgan fingerprint density at radius 1 is 1.29 bits per heavy atom. The monoisotopic (exact) mass is 326 g/mol. The van der Waals surface area contributed by atoms with Crippen molar-refractivity contribution in [1.29, 1.82) is 0 Å². The molecule has 24 heavy (non-hydrogen) atoms. The quantitative estimate of drug-likeness (QED) is 0.910.